The molecule has 0 aliphatic rings. The van der Waals surface area contributed by atoms with Crippen LogP contribution in [0.4, 0.5) is 0 Å². The SMILES string of the molecule is Cc1ccc(OCC(=O)Oc2ccccc2C(C)(C)C)c(Br)c1. The van der Waals surface area contributed by atoms with Crippen LogP contribution in [0.15, 0.2) is 46.9 Å². The van der Waals surface area contributed by atoms with E-state index >= 15 is 0 Å². The third kappa shape index (κ3) is 4.83. The second-order valence-electron chi connectivity index (χ2n) is 6.44. The highest BCUT2D eigenvalue weighted by Gasteiger charge is 2.20. The molecule has 0 bridgehead atoms. The predicted octanol–water partition coefficient (Wildman–Crippen LogP) is 5.04. The number of carbonyl (C=O) groups excluding carboxylic acids is 1. The first-order valence-corrected chi connectivity index (χ1v) is 8.26. The van der Waals surface area contributed by atoms with Crippen LogP contribution in [0.3, 0.4) is 0 Å². The summed E-state index contributed by atoms with van der Waals surface area (Å²) < 4.78 is 11.8. The van der Waals surface area contributed by atoms with Gasteiger partial charge >= 0.3 is 5.97 Å². The minimum atomic E-state index is -0.422. The number of rotatable bonds is 4. The summed E-state index contributed by atoms with van der Waals surface area (Å²) in [5.41, 5.74) is 2.01. The zero-order chi connectivity index (χ0) is 17.0. The zero-order valence-corrected chi connectivity index (χ0v) is 15.4. The van der Waals surface area contributed by atoms with Gasteiger partial charge in [-0.25, -0.2) is 4.79 Å². The molecule has 0 unspecified atom stereocenters. The Labute approximate surface area is 145 Å². The van der Waals surface area contributed by atoms with E-state index < -0.39 is 5.97 Å². The molecule has 2 aromatic carbocycles. The number of hydrogen-bond donors (Lipinski definition) is 0. The zero-order valence-electron chi connectivity index (χ0n) is 13.9. The number of para-hydroxylation sites is 1. The third-order valence-corrected chi connectivity index (χ3v) is 3.97. The van der Waals surface area contributed by atoms with Crippen molar-refractivity contribution >= 4 is 21.9 Å². The van der Waals surface area contributed by atoms with Crippen LogP contribution >= 0.6 is 15.9 Å². The van der Waals surface area contributed by atoms with E-state index in [0.717, 1.165) is 15.6 Å². The van der Waals surface area contributed by atoms with Crippen molar-refractivity contribution in [3.05, 3.63) is 58.1 Å². The molecule has 0 aromatic heterocycles. The maximum atomic E-state index is 12.1. The number of carbonyl (C=O) groups is 1. The summed E-state index contributed by atoms with van der Waals surface area (Å²) in [5.74, 6) is 0.780. The first-order chi connectivity index (χ1) is 10.8. The highest BCUT2D eigenvalue weighted by molar-refractivity contribution is 9.10. The second kappa shape index (κ2) is 7.18. The van der Waals surface area contributed by atoms with Crippen LogP contribution in [-0.2, 0) is 10.2 Å². The van der Waals surface area contributed by atoms with Gasteiger partial charge in [-0.15, -0.1) is 0 Å². The predicted molar refractivity (Wildman–Crippen MR) is 95.2 cm³/mol. The number of aryl methyl sites for hydroxylation is 1. The lowest BCUT2D eigenvalue weighted by Gasteiger charge is -2.22. The van der Waals surface area contributed by atoms with E-state index in [-0.39, 0.29) is 12.0 Å². The van der Waals surface area contributed by atoms with Crippen molar-refractivity contribution < 1.29 is 14.3 Å². The summed E-state index contributed by atoms with van der Waals surface area (Å²) in [4.78, 5) is 12.1. The molecule has 0 amide bonds. The van der Waals surface area contributed by atoms with Crippen LogP contribution in [-0.4, -0.2) is 12.6 Å². The number of halogens is 1. The molecule has 0 radical (unpaired) electrons. The van der Waals surface area contributed by atoms with E-state index in [1.165, 1.54) is 0 Å². The van der Waals surface area contributed by atoms with Gasteiger partial charge in [-0.3, -0.25) is 0 Å². The van der Waals surface area contributed by atoms with E-state index in [1.807, 2.05) is 43.3 Å². The molecule has 4 heteroatoms. The van der Waals surface area contributed by atoms with Crippen molar-refractivity contribution in [1.29, 1.82) is 0 Å². The topological polar surface area (TPSA) is 35.5 Å². The average Bonchev–Trinajstić information content (AvgIpc) is 2.46. The Bertz CT molecular complexity index is 702. The molecule has 0 heterocycles. The van der Waals surface area contributed by atoms with Crippen LogP contribution in [0, 0.1) is 6.92 Å². The first kappa shape index (κ1) is 17.5. The normalized spacial score (nSPS) is 11.2. The largest absolute Gasteiger partial charge is 0.481 e. The van der Waals surface area contributed by atoms with E-state index in [2.05, 4.69) is 36.7 Å². The Hall–Kier alpha value is -1.81. The summed E-state index contributed by atoms with van der Waals surface area (Å²) in [6, 6.07) is 13.3. The van der Waals surface area contributed by atoms with Crippen molar-refractivity contribution in [3.8, 4) is 11.5 Å². The highest BCUT2D eigenvalue weighted by atomic mass is 79.9. The van der Waals surface area contributed by atoms with Crippen molar-refractivity contribution in [2.45, 2.75) is 33.1 Å². The van der Waals surface area contributed by atoms with Gasteiger partial charge in [-0.2, -0.15) is 0 Å². The van der Waals surface area contributed by atoms with Gasteiger partial charge in [0.05, 0.1) is 4.47 Å². The lowest BCUT2D eigenvalue weighted by molar-refractivity contribution is -0.136. The van der Waals surface area contributed by atoms with Gasteiger partial charge < -0.3 is 9.47 Å². The molecule has 0 N–H and O–H groups in total. The van der Waals surface area contributed by atoms with Gasteiger partial charge in [-0.1, -0.05) is 45.0 Å². The van der Waals surface area contributed by atoms with Crippen LogP contribution in [0.25, 0.3) is 0 Å². The Kier molecular flexibility index (Phi) is 5.47. The minimum Gasteiger partial charge on any atom is -0.481 e. The molecule has 0 saturated heterocycles. The standard InChI is InChI=1S/C19H21BrO3/c1-13-9-10-17(15(20)11-13)22-12-18(21)23-16-8-6-5-7-14(16)19(2,3)4/h5-11H,12H2,1-4H3. The number of esters is 1. The fourth-order valence-corrected chi connectivity index (χ4v) is 2.79. The van der Waals surface area contributed by atoms with Crippen molar-refractivity contribution in [2.24, 2.45) is 0 Å². The quantitative estimate of drug-likeness (QED) is 0.553. The molecule has 0 aliphatic heterocycles. The lowest BCUT2D eigenvalue weighted by atomic mass is 9.86. The average molecular weight is 377 g/mol. The first-order valence-electron chi connectivity index (χ1n) is 7.46. The molecule has 3 nitrogen and oxygen atoms in total. The maximum absolute atomic E-state index is 12.1. The van der Waals surface area contributed by atoms with Crippen molar-refractivity contribution in [3.63, 3.8) is 0 Å². The summed E-state index contributed by atoms with van der Waals surface area (Å²) in [7, 11) is 0. The Morgan fingerprint density at radius 2 is 1.78 bits per heavy atom. The van der Waals surface area contributed by atoms with Crippen molar-refractivity contribution in [1.82, 2.24) is 0 Å². The van der Waals surface area contributed by atoms with Crippen LogP contribution in [0.5, 0.6) is 11.5 Å². The number of hydrogen-bond acceptors (Lipinski definition) is 3. The molecular weight excluding hydrogens is 356 g/mol. The Morgan fingerprint density at radius 1 is 1.09 bits per heavy atom. The molecule has 23 heavy (non-hydrogen) atoms. The molecule has 2 rings (SSSR count). The molecule has 0 saturated carbocycles. The van der Waals surface area contributed by atoms with Crippen LogP contribution < -0.4 is 9.47 Å². The molecule has 122 valence electrons. The molecule has 0 atom stereocenters. The van der Waals surface area contributed by atoms with Gasteiger partial charge in [-0.05, 0) is 52.0 Å². The summed E-state index contributed by atoms with van der Waals surface area (Å²) in [6.45, 7) is 8.10. The van der Waals surface area contributed by atoms with Gasteiger partial charge in [0, 0.05) is 5.56 Å². The number of benzene rings is 2. The van der Waals surface area contributed by atoms with Gasteiger partial charge in [0.2, 0.25) is 0 Å². The number of ether oxygens (including phenoxy) is 2. The lowest BCUT2D eigenvalue weighted by Crippen LogP contribution is -2.20. The van der Waals surface area contributed by atoms with Crippen LogP contribution in [0.2, 0.25) is 0 Å². The molecule has 2 aromatic rings. The molecule has 0 fully saturated rings. The smallest absolute Gasteiger partial charge is 0.349 e. The van der Waals surface area contributed by atoms with Crippen LogP contribution in [0.1, 0.15) is 31.9 Å². The second-order valence-corrected chi connectivity index (χ2v) is 7.30. The van der Waals surface area contributed by atoms with Crippen molar-refractivity contribution in [2.75, 3.05) is 6.61 Å². The Morgan fingerprint density at radius 3 is 2.43 bits per heavy atom. The fraction of sp³-hybridized carbons (Fsp3) is 0.316. The van der Waals surface area contributed by atoms with Gasteiger partial charge in [0.1, 0.15) is 11.5 Å². The van der Waals surface area contributed by atoms with Gasteiger partial charge in [0.25, 0.3) is 0 Å². The van der Waals surface area contributed by atoms with E-state index in [1.54, 1.807) is 6.07 Å². The van der Waals surface area contributed by atoms with Gasteiger partial charge in [0.15, 0.2) is 6.61 Å². The molecular formula is C19H21BrO3. The monoisotopic (exact) mass is 376 g/mol. The summed E-state index contributed by atoms with van der Waals surface area (Å²) in [5, 5.41) is 0. The highest BCUT2D eigenvalue weighted by Crippen LogP contribution is 2.31. The minimum absolute atomic E-state index is 0.0995. The summed E-state index contributed by atoms with van der Waals surface area (Å²) >= 11 is 3.42. The fourth-order valence-electron chi connectivity index (χ4n) is 2.19. The van der Waals surface area contributed by atoms with E-state index in [9.17, 15) is 4.79 Å². The molecule has 0 spiro atoms. The summed E-state index contributed by atoms with van der Waals surface area (Å²) in [6.07, 6.45) is 0. The van der Waals surface area contributed by atoms with E-state index in [4.69, 9.17) is 9.47 Å². The van der Waals surface area contributed by atoms with E-state index in [0.29, 0.717) is 11.5 Å². The maximum Gasteiger partial charge on any atom is 0.349 e. The Balaban J connectivity index is 2.03. The third-order valence-electron chi connectivity index (χ3n) is 3.35. The molecule has 0 aliphatic carbocycles.